The van der Waals surface area contributed by atoms with Crippen molar-refractivity contribution in [3.63, 3.8) is 0 Å². The molecule has 1 atom stereocenters. The van der Waals surface area contributed by atoms with Gasteiger partial charge in [-0.3, -0.25) is 4.90 Å². The molecule has 0 saturated heterocycles. The number of hydrogen-bond acceptors (Lipinski definition) is 6. The first-order chi connectivity index (χ1) is 16.1. The molecule has 7 heteroatoms. The molecular formula is C26H24N2O5. The number of methoxy groups -OCH3 is 1. The van der Waals surface area contributed by atoms with Gasteiger partial charge in [0.15, 0.2) is 0 Å². The van der Waals surface area contributed by atoms with Gasteiger partial charge >= 0.3 is 11.3 Å². The lowest BCUT2D eigenvalue weighted by atomic mass is 9.96. The number of aromatic nitrogens is 1. The van der Waals surface area contributed by atoms with E-state index in [9.17, 15) is 9.59 Å². The number of nitrogens with zero attached hydrogens (tertiary/aromatic N) is 2. The highest BCUT2D eigenvalue weighted by atomic mass is 16.5. The Morgan fingerprint density at radius 1 is 1.09 bits per heavy atom. The number of fused-ring (bicyclic) bond motifs is 4. The molecule has 0 N–H and O–H groups in total. The normalized spacial score (nSPS) is 18.6. The van der Waals surface area contributed by atoms with E-state index < -0.39 is 11.3 Å². The standard InChI is InChI=1S/C26H24N2O5/c1-31-19-9-8-16-6-7-18(21(16)14-19)15-27-12-10-17(11-13-27)23-20-4-2-3-5-22(20)28-24(23)32-25(29)26(30)33-28/h2-5,8-10,14,18H,6-7,11-13,15H2,1H3. The van der Waals surface area contributed by atoms with Gasteiger partial charge in [0.1, 0.15) is 5.75 Å². The third-order valence-electron chi connectivity index (χ3n) is 6.97. The molecule has 2 aromatic carbocycles. The smallest absolute Gasteiger partial charge is 0.442 e. The first-order valence-corrected chi connectivity index (χ1v) is 11.3. The Kier molecular flexibility index (Phi) is 4.73. The highest BCUT2D eigenvalue weighted by Gasteiger charge is 2.27. The summed E-state index contributed by atoms with van der Waals surface area (Å²) in [5.74, 6) is 1.43. The summed E-state index contributed by atoms with van der Waals surface area (Å²) < 4.78 is 17.4. The highest BCUT2D eigenvalue weighted by Crippen LogP contribution is 2.38. The largest absolute Gasteiger partial charge is 0.497 e. The Balaban J connectivity index is 1.31. The first kappa shape index (κ1) is 20.1. The van der Waals surface area contributed by atoms with E-state index in [4.69, 9.17) is 13.7 Å². The molecule has 0 bridgehead atoms. The maximum Gasteiger partial charge on any atom is 0.442 e. The molecule has 0 spiro atoms. The van der Waals surface area contributed by atoms with E-state index in [0.29, 0.717) is 11.4 Å². The zero-order chi connectivity index (χ0) is 22.5. The maximum absolute atomic E-state index is 11.9. The van der Waals surface area contributed by atoms with Crippen molar-refractivity contribution in [3.8, 4) is 5.75 Å². The van der Waals surface area contributed by atoms with E-state index in [1.54, 1.807) is 7.11 Å². The van der Waals surface area contributed by atoms with Crippen LogP contribution in [-0.2, 0) is 6.42 Å². The van der Waals surface area contributed by atoms with E-state index >= 15 is 0 Å². The highest BCUT2D eigenvalue weighted by molar-refractivity contribution is 5.99. The van der Waals surface area contributed by atoms with Gasteiger partial charge in [0, 0.05) is 25.0 Å². The SMILES string of the molecule is COc1ccc2c(c1)C(CN1CC=C(c3c4ccccc4n4oc(=O)c(=O)oc34)CC1)CC2. The Hall–Kier alpha value is -3.58. The zero-order valence-corrected chi connectivity index (χ0v) is 18.4. The molecule has 0 fully saturated rings. The van der Waals surface area contributed by atoms with Crippen molar-refractivity contribution in [3.05, 3.63) is 86.1 Å². The second-order valence-corrected chi connectivity index (χ2v) is 8.80. The van der Waals surface area contributed by atoms with Gasteiger partial charge in [-0.15, -0.1) is 4.57 Å². The summed E-state index contributed by atoms with van der Waals surface area (Å²) in [4.78, 5) is 26.2. The lowest BCUT2D eigenvalue weighted by Crippen LogP contribution is -2.32. The summed E-state index contributed by atoms with van der Waals surface area (Å²) in [6, 6.07) is 14.1. The third-order valence-corrected chi connectivity index (χ3v) is 6.97. The molecule has 6 rings (SSSR count). The number of aryl methyl sites for hydroxylation is 1. The van der Waals surface area contributed by atoms with Gasteiger partial charge in [-0.25, -0.2) is 9.59 Å². The van der Waals surface area contributed by atoms with Gasteiger partial charge < -0.3 is 13.7 Å². The molecule has 1 unspecified atom stereocenters. The molecule has 3 heterocycles. The van der Waals surface area contributed by atoms with Crippen molar-refractivity contribution in [1.82, 2.24) is 9.47 Å². The van der Waals surface area contributed by atoms with Crippen LogP contribution in [0.15, 0.2) is 67.1 Å². The number of benzene rings is 2. The van der Waals surface area contributed by atoms with Crippen LogP contribution in [0.1, 0.15) is 35.4 Å². The molecule has 168 valence electrons. The molecule has 1 aliphatic carbocycles. The quantitative estimate of drug-likeness (QED) is 0.446. The van der Waals surface area contributed by atoms with Crippen LogP contribution < -0.4 is 16.0 Å². The summed E-state index contributed by atoms with van der Waals surface area (Å²) in [6.07, 6.45) is 5.31. The van der Waals surface area contributed by atoms with Gasteiger partial charge in [0.25, 0.3) is 0 Å². The van der Waals surface area contributed by atoms with Crippen LogP contribution in [0.4, 0.5) is 0 Å². The maximum atomic E-state index is 11.9. The molecule has 0 amide bonds. The molecule has 33 heavy (non-hydrogen) atoms. The Morgan fingerprint density at radius 3 is 2.79 bits per heavy atom. The van der Waals surface area contributed by atoms with E-state index in [-0.39, 0.29) is 5.71 Å². The minimum absolute atomic E-state index is 0.289. The number of rotatable bonds is 4. The van der Waals surface area contributed by atoms with Crippen LogP contribution in [0.25, 0.3) is 22.2 Å². The summed E-state index contributed by atoms with van der Waals surface area (Å²) >= 11 is 0. The molecule has 7 nitrogen and oxygen atoms in total. The fraction of sp³-hybridized carbons (Fsp3) is 0.308. The monoisotopic (exact) mass is 444 g/mol. The van der Waals surface area contributed by atoms with E-state index in [1.807, 2.05) is 30.3 Å². The third kappa shape index (κ3) is 3.31. The Labute approximate surface area is 189 Å². The zero-order valence-electron chi connectivity index (χ0n) is 18.4. The van der Waals surface area contributed by atoms with E-state index in [2.05, 4.69) is 23.1 Å². The number of hydrogen-bond donors (Lipinski definition) is 0. The van der Waals surface area contributed by atoms with Crippen molar-refractivity contribution >= 4 is 22.2 Å². The second-order valence-electron chi connectivity index (χ2n) is 8.80. The number of ether oxygens (including phenoxy) is 1. The lowest BCUT2D eigenvalue weighted by molar-refractivity contribution is 0.279. The Morgan fingerprint density at radius 2 is 1.97 bits per heavy atom. The van der Waals surface area contributed by atoms with Gasteiger partial charge in [0.05, 0.1) is 18.2 Å². The second kappa shape index (κ2) is 7.78. The van der Waals surface area contributed by atoms with E-state index in [0.717, 1.165) is 61.2 Å². The van der Waals surface area contributed by atoms with Gasteiger partial charge in [0.2, 0.25) is 5.71 Å². The van der Waals surface area contributed by atoms with Crippen LogP contribution >= 0.6 is 0 Å². The minimum atomic E-state index is -1.01. The van der Waals surface area contributed by atoms with Crippen molar-refractivity contribution in [2.75, 3.05) is 26.7 Å². The lowest BCUT2D eigenvalue weighted by Gasteiger charge is -2.29. The van der Waals surface area contributed by atoms with Crippen LogP contribution in [0, 0.1) is 0 Å². The van der Waals surface area contributed by atoms with Gasteiger partial charge in [-0.2, -0.15) is 0 Å². The predicted molar refractivity (Wildman–Crippen MR) is 125 cm³/mol. The van der Waals surface area contributed by atoms with Crippen molar-refractivity contribution in [2.24, 2.45) is 0 Å². The summed E-state index contributed by atoms with van der Waals surface area (Å²) in [7, 11) is 1.71. The topological polar surface area (TPSA) is 77.3 Å². The Bertz CT molecular complexity index is 1520. The molecule has 0 saturated carbocycles. The van der Waals surface area contributed by atoms with Crippen LogP contribution in [0.3, 0.4) is 0 Å². The van der Waals surface area contributed by atoms with Crippen molar-refractivity contribution in [1.29, 1.82) is 0 Å². The molecule has 1 aliphatic heterocycles. The first-order valence-electron chi connectivity index (χ1n) is 11.3. The molecule has 4 aromatic rings. The molecule has 0 radical (unpaired) electrons. The summed E-state index contributed by atoms with van der Waals surface area (Å²) in [5.41, 5.74) is 3.78. The van der Waals surface area contributed by atoms with E-state index in [1.165, 1.54) is 15.7 Å². The van der Waals surface area contributed by atoms with Crippen molar-refractivity contribution < 1.29 is 13.7 Å². The molecule has 2 aromatic heterocycles. The average molecular weight is 444 g/mol. The average Bonchev–Trinajstić information content (AvgIpc) is 3.38. The van der Waals surface area contributed by atoms with Gasteiger partial charge in [-0.1, -0.05) is 30.3 Å². The summed E-state index contributed by atoms with van der Waals surface area (Å²) in [5, 5.41) is 0.909. The van der Waals surface area contributed by atoms with Crippen LogP contribution in [0.5, 0.6) is 5.75 Å². The van der Waals surface area contributed by atoms with Crippen LogP contribution in [-0.4, -0.2) is 36.2 Å². The number of para-hydroxylation sites is 1. The van der Waals surface area contributed by atoms with Gasteiger partial charge in [-0.05, 0) is 60.1 Å². The van der Waals surface area contributed by atoms with Crippen molar-refractivity contribution in [2.45, 2.75) is 25.2 Å². The summed E-state index contributed by atoms with van der Waals surface area (Å²) in [6.45, 7) is 2.73. The van der Waals surface area contributed by atoms with Crippen LogP contribution in [0.2, 0.25) is 0 Å². The fourth-order valence-electron chi connectivity index (χ4n) is 5.33. The minimum Gasteiger partial charge on any atom is -0.497 e. The molecular weight excluding hydrogens is 420 g/mol. The fourth-order valence-corrected chi connectivity index (χ4v) is 5.33. The predicted octanol–water partition coefficient (Wildman–Crippen LogP) is 3.83. The molecule has 2 aliphatic rings.